The van der Waals surface area contributed by atoms with E-state index in [-0.39, 0.29) is 29.5 Å². The lowest BCUT2D eigenvalue weighted by molar-refractivity contribution is -0.0362. The number of ether oxygens (including phenoxy) is 2. The third-order valence-corrected chi connectivity index (χ3v) is 6.92. The monoisotopic (exact) mass is 455 g/mol. The molecule has 2 aliphatic rings. The van der Waals surface area contributed by atoms with Gasteiger partial charge in [0, 0.05) is 12.0 Å². The van der Waals surface area contributed by atoms with E-state index in [1.807, 2.05) is 24.4 Å². The number of rotatable bonds is 7. The molecule has 32 heavy (non-hydrogen) atoms. The molecular formula is C24H30ClN5O2. The van der Waals surface area contributed by atoms with Crippen LogP contribution in [-0.2, 0) is 16.1 Å². The van der Waals surface area contributed by atoms with E-state index in [1.165, 1.54) is 12.8 Å². The molecule has 2 aromatic heterocycles. The van der Waals surface area contributed by atoms with Crippen LogP contribution < -0.4 is 5.32 Å². The average molecular weight is 456 g/mol. The first kappa shape index (κ1) is 21.6. The quantitative estimate of drug-likeness (QED) is 0.527. The van der Waals surface area contributed by atoms with Crippen LogP contribution in [0, 0.1) is 5.92 Å². The summed E-state index contributed by atoms with van der Waals surface area (Å²) in [6.45, 7) is 4.88. The Labute approximate surface area is 193 Å². The number of benzene rings is 1. The average Bonchev–Trinajstić information content (AvgIpc) is 3.52. The molecule has 0 spiro atoms. The van der Waals surface area contributed by atoms with Gasteiger partial charge in [0.25, 0.3) is 0 Å². The Morgan fingerprint density at radius 1 is 1.22 bits per heavy atom. The van der Waals surface area contributed by atoms with Crippen molar-refractivity contribution in [3.8, 4) is 0 Å². The smallest absolute Gasteiger partial charge is 0.243 e. The summed E-state index contributed by atoms with van der Waals surface area (Å²) in [5.41, 5.74) is 2.67. The van der Waals surface area contributed by atoms with E-state index in [4.69, 9.17) is 21.1 Å². The molecule has 0 radical (unpaired) electrons. The predicted octanol–water partition coefficient (Wildman–Crippen LogP) is 5.20. The molecule has 8 heteroatoms. The topological polar surface area (TPSA) is 73.6 Å². The van der Waals surface area contributed by atoms with Crippen LogP contribution in [-0.4, -0.2) is 37.8 Å². The molecule has 1 unspecified atom stereocenters. The summed E-state index contributed by atoms with van der Waals surface area (Å²) in [6, 6.07) is 10.6. The van der Waals surface area contributed by atoms with Gasteiger partial charge in [0.2, 0.25) is 5.28 Å². The lowest BCUT2D eigenvalue weighted by Crippen LogP contribution is -2.26. The molecular weight excluding hydrogens is 426 g/mol. The SMILES string of the molecule is CC[C@H]1O[C@@H](c2cnc3c(NC4CCCC4)nc(Cl)nn23)C(OCc2ccccc2)[C@@H]1C. The van der Waals surface area contributed by atoms with Gasteiger partial charge in [-0.15, -0.1) is 5.10 Å². The summed E-state index contributed by atoms with van der Waals surface area (Å²) in [5.74, 6) is 0.927. The van der Waals surface area contributed by atoms with Gasteiger partial charge >= 0.3 is 0 Å². The third-order valence-electron chi connectivity index (χ3n) is 6.76. The molecule has 1 aliphatic carbocycles. The van der Waals surface area contributed by atoms with Gasteiger partial charge in [-0.3, -0.25) is 0 Å². The van der Waals surface area contributed by atoms with Crippen LogP contribution in [0.1, 0.15) is 63.3 Å². The normalized spacial score (nSPS) is 26.2. The molecule has 1 aromatic carbocycles. The van der Waals surface area contributed by atoms with E-state index >= 15 is 0 Å². The zero-order valence-corrected chi connectivity index (χ0v) is 19.3. The van der Waals surface area contributed by atoms with E-state index in [9.17, 15) is 0 Å². The molecule has 3 heterocycles. The number of imidazole rings is 1. The fraction of sp³-hybridized carbons (Fsp3) is 0.542. The number of nitrogens with one attached hydrogen (secondary N) is 1. The van der Waals surface area contributed by atoms with Crippen molar-refractivity contribution in [2.75, 3.05) is 5.32 Å². The van der Waals surface area contributed by atoms with Crippen molar-refractivity contribution in [1.29, 1.82) is 0 Å². The van der Waals surface area contributed by atoms with E-state index in [2.05, 4.69) is 46.4 Å². The van der Waals surface area contributed by atoms with Crippen LogP contribution in [0.3, 0.4) is 0 Å². The van der Waals surface area contributed by atoms with Crippen molar-refractivity contribution >= 4 is 23.1 Å². The molecule has 3 aromatic rings. The van der Waals surface area contributed by atoms with E-state index in [0.29, 0.717) is 24.1 Å². The van der Waals surface area contributed by atoms with Gasteiger partial charge in [0.05, 0.1) is 30.7 Å². The molecule has 2 fully saturated rings. The van der Waals surface area contributed by atoms with Crippen LogP contribution in [0.4, 0.5) is 5.82 Å². The molecule has 1 saturated heterocycles. The fourth-order valence-electron chi connectivity index (χ4n) is 5.02. The van der Waals surface area contributed by atoms with Crippen molar-refractivity contribution in [1.82, 2.24) is 19.6 Å². The lowest BCUT2D eigenvalue weighted by atomic mass is 9.95. The molecule has 1 aliphatic heterocycles. The number of hydrogen-bond acceptors (Lipinski definition) is 6. The number of hydrogen-bond donors (Lipinski definition) is 1. The Balaban J connectivity index is 1.45. The van der Waals surface area contributed by atoms with Crippen molar-refractivity contribution in [2.24, 2.45) is 5.92 Å². The second kappa shape index (κ2) is 9.33. The lowest BCUT2D eigenvalue weighted by Gasteiger charge is -2.21. The minimum absolute atomic E-state index is 0.111. The third kappa shape index (κ3) is 4.21. The van der Waals surface area contributed by atoms with Crippen LogP contribution in [0.15, 0.2) is 36.5 Å². The van der Waals surface area contributed by atoms with Gasteiger partial charge in [-0.25, -0.2) is 9.50 Å². The summed E-state index contributed by atoms with van der Waals surface area (Å²) in [7, 11) is 0. The van der Waals surface area contributed by atoms with Gasteiger partial charge in [-0.2, -0.15) is 4.98 Å². The van der Waals surface area contributed by atoms with Gasteiger partial charge in [-0.1, -0.05) is 57.0 Å². The Hall–Kier alpha value is -2.22. The number of nitrogens with zero attached hydrogens (tertiary/aromatic N) is 4. The summed E-state index contributed by atoms with van der Waals surface area (Å²) in [4.78, 5) is 9.09. The second-order valence-corrected chi connectivity index (χ2v) is 9.24. The standard InChI is InChI=1S/C24H30ClN5O2/c1-3-19-15(2)20(31-14-16-9-5-4-6-10-16)21(32-19)18-13-26-23-22(27-17-11-7-8-12-17)28-24(25)29-30(18)23/h4-6,9-10,13,15,17,19-21H,3,7-8,11-12,14H2,1-2H3,(H,27,28,29)/t15-,19-,20?,21+/m1/s1. The van der Waals surface area contributed by atoms with Crippen LogP contribution in [0.25, 0.3) is 5.65 Å². The predicted molar refractivity (Wildman–Crippen MR) is 124 cm³/mol. The number of aromatic nitrogens is 4. The molecule has 7 nitrogen and oxygen atoms in total. The summed E-state index contributed by atoms with van der Waals surface area (Å²) in [6.07, 6.45) is 7.21. The number of anilines is 1. The highest BCUT2D eigenvalue weighted by Crippen LogP contribution is 2.41. The maximum atomic E-state index is 6.48. The minimum Gasteiger partial charge on any atom is -0.370 e. The molecule has 4 atom stereocenters. The first-order valence-corrected chi connectivity index (χ1v) is 12.0. The first-order chi connectivity index (χ1) is 15.6. The summed E-state index contributed by atoms with van der Waals surface area (Å²) < 4.78 is 14.7. The Morgan fingerprint density at radius 3 is 2.75 bits per heavy atom. The zero-order valence-electron chi connectivity index (χ0n) is 18.6. The number of fused-ring (bicyclic) bond motifs is 1. The highest BCUT2D eigenvalue weighted by atomic mass is 35.5. The maximum Gasteiger partial charge on any atom is 0.243 e. The summed E-state index contributed by atoms with van der Waals surface area (Å²) in [5, 5.41) is 8.19. The highest BCUT2D eigenvalue weighted by molar-refractivity contribution is 6.28. The molecule has 0 amide bonds. The van der Waals surface area contributed by atoms with Gasteiger partial charge < -0.3 is 14.8 Å². The molecule has 5 rings (SSSR count). The van der Waals surface area contributed by atoms with Crippen LogP contribution in [0.2, 0.25) is 5.28 Å². The maximum absolute atomic E-state index is 6.48. The van der Waals surface area contributed by atoms with Crippen LogP contribution >= 0.6 is 11.6 Å². The first-order valence-electron chi connectivity index (χ1n) is 11.6. The molecule has 170 valence electrons. The van der Waals surface area contributed by atoms with Gasteiger partial charge in [0.15, 0.2) is 11.5 Å². The van der Waals surface area contributed by atoms with E-state index in [0.717, 1.165) is 30.5 Å². The van der Waals surface area contributed by atoms with E-state index in [1.54, 1.807) is 4.52 Å². The van der Waals surface area contributed by atoms with Crippen molar-refractivity contribution < 1.29 is 9.47 Å². The minimum atomic E-state index is -0.279. The Bertz CT molecular complexity index is 1050. The Kier molecular flexibility index (Phi) is 6.31. The van der Waals surface area contributed by atoms with Crippen molar-refractivity contribution in [3.05, 3.63) is 53.1 Å². The molecule has 1 saturated carbocycles. The van der Waals surface area contributed by atoms with Crippen LogP contribution in [0.5, 0.6) is 0 Å². The fourth-order valence-corrected chi connectivity index (χ4v) is 5.18. The second-order valence-electron chi connectivity index (χ2n) is 8.90. The van der Waals surface area contributed by atoms with Gasteiger partial charge in [0.1, 0.15) is 6.10 Å². The number of halogens is 1. The van der Waals surface area contributed by atoms with E-state index < -0.39 is 0 Å². The largest absolute Gasteiger partial charge is 0.370 e. The Morgan fingerprint density at radius 2 is 2.00 bits per heavy atom. The van der Waals surface area contributed by atoms with Crippen molar-refractivity contribution in [2.45, 2.75) is 76.9 Å². The van der Waals surface area contributed by atoms with Crippen molar-refractivity contribution in [3.63, 3.8) is 0 Å². The highest BCUT2D eigenvalue weighted by Gasteiger charge is 2.44. The van der Waals surface area contributed by atoms with Gasteiger partial charge in [-0.05, 0) is 36.4 Å². The molecule has 0 bridgehead atoms. The summed E-state index contributed by atoms with van der Waals surface area (Å²) >= 11 is 6.32. The molecule has 1 N–H and O–H groups in total. The zero-order chi connectivity index (χ0) is 22.1.